The first-order valence-corrected chi connectivity index (χ1v) is 5.49. The van der Waals surface area contributed by atoms with Crippen LogP contribution >= 0.6 is 0 Å². The van der Waals surface area contributed by atoms with Gasteiger partial charge in [0.2, 0.25) is 0 Å². The molecule has 7 heteroatoms. The third-order valence-electron chi connectivity index (χ3n) is 2.72. The zero-order valence-corrected chi connectivity index (χ0v) is 9.64. The number of aromatic nitrogens is 2. The molecule has 0 saturated heterocycles. The minimum Gasteiger partial charge on any atom is -0.482 e. The number of hydrogen-bond donors (Lipinski definition) is 3. The summed E-state index contributed by atoms with van der Waals surface area (Å²) in [5.41, 5.74) is 1.82. The van der Waals surface area contributed by atoms with Crippen molar-refractivity contribution in [1.29, 1.82) is 0 Å². The zero-order valence-electron chi connectivity index (χ0n) is 9.64. The van der Waals surface area contributed by atoms with E-state index in [1.807, 2.05) is 0 Å². The summed E-state index contributed by atoms with van der Waals surface area (Å²) >= 11 is 0. The van der Waals surface area contributed by atoms with Gasteiger partial charge in [-0.15, -0.1) is 0 Å². The smallest absolute Gasteiger partial charge is 0.353 e. The van der Waals surface area contributed by atoms with E-state index in [1.54, 1.807) is 18.2 Å². The lowest BCUT2D eigenvalue weighted by molar-refractivity contribution is -0.118. The van der Waals surface area contributed by atoms with E-state index in [4.69, 9.17) is 9.84 Å². The summed E-state index contributed by atoms with van der Waals surface area (Å²) < 4.78 is 5.29. The SMILES string of the molecule is O=C1COc2cc(-c3cc(C(=O)O)[nH]n3)ccc2N1. The van der Waals surface area contributed by atoms with Crippen molar-refractivity contribution in [3.05, 3.63) is 30.0 Å². The lowest BCUT2D eigenvalue weighted by atomic mass is 10.1. The van der Waals surface area contributed by atoms with E-state index in [1.165, 1.54) is 6.07 Å². The van der Waals surface area contributed by atoms with Gasteiger partial charge in [-0.3, -0.25) is 9.89 Å². The molecule has 2 heterocycles. The summed E-state index contributed by atoms with van der Waals surface area (Å²) in [5, 5.41) is 17.9. The molecule has 7 nitrogen and oxygen atoms in total. The molecular weight excluding hydrogens is 250 g/mol. The van der Waals surface area contributed by atoms with Crippen molar-refractivity contribution in [2.75, 3.05) is 11.9 Å². The number of nitrogens with one attached hydrogen (secondary N) is 2. The molecule has 0 atom stereocenters. The number of benzene rings is 1. The fourth-order valence-electron chi connectivity index (χ4n) is 1.81. The molecule has 2 aromatic rings. The van der Waals surface area contributed by atoms with E-state index >= 15 is 0 Å². The Labute approximate surface area is 107 Å². The van der Waals surface area contributed by atoms with Gasteiger partial charge in [0.05, 0.1) is 11.4 Å². The number of aromatic carboxylic acids is 1. The highest BCUT2D eigenvalue weighted by molar-refractivity contribution is 5.96. The second-order valence-corrected chi connectivity index (χ2v) is 4.02. The number of rotatable bonds is 2. The van der Waals surface area contributed by atoms with Gasteiger partial charge in [-0.2, -0.15) is 5.10 Å². The molecule has 3 rings (SSSR count). The van der Waals surface area contributed by atoms with E-state index < -0.39 is 5.97 Å². The van der Waals surface area contributed by atoms with Crippen LogP contribution in [0.1, 0.15) is 10.5 Å². The number of nitrogens with zero attached hydrogens (tertiary/aromatic N) is 1. The standard InChI is InChI=1S/C12H9N3O4/c16-11-5-19-10-3-6(1-2-7(10)13-11)8-4-9(12(17)18)15-14-8/h1-4H,5H2,(H,13,16)(H,14,15)(H,17,18). The number of carbonyl (C=O) groups is 2. The normalized spacial score (nSPS) is 13.4. The summed E-state index contributed by atoms with van der Waals surface area (Å²) in [6.45, 7) is -0.0304. The largest absolute Gasteiger partial charge is 0.482 e. The van der Waals surface area contributed by atoms with Crippen LogP contribution in [0.4, 0.5) is 5.69 Å². The van der Waals surface area contributed by atoms with E-state index in [0.29, 0.717) is 22.7 Å². The van der Waals surface area contributed by atoms with E-state index in [2.05, 4.69) is 15.5 Å². The average Bonchev–Trinajstić information content (AvgIpc) is 2.88. The maximum atomic E-state index is 11.1. The molecule has 0 fully saturated rings. The van der Waals surface area contributed by atoms with E-state index in [0.717, 1.165) is 0 Å². The Morgan fingerprint density at radius 3 is 2.95 bits per heavy atom. The minimum atomic E-state index is -1.07. The van der Waals surface area contributed by atoms with E-state index in [-0.39, 0.29) is 18.2 Å². The van der Waals surface area contributed by atoms with Crippen LogP contribution < -0.4 is 10.1 Å². The fourth-order valence-corrected chi connectivity index (χ4v) is 1.81. The zero-order chi connectivity index (χ0) is 13.4. The van der Waals surface area contributed by atoms with Gasteiger partial charge in [0.25, 0.3) is 5.91 Å². The van der Waals surface area contributed by atoms with Gasteiger partial charge in [-0.25, -0.2) is 4.79 Å². The summed E-state index contributed by atoms with van der Waals surface area (Å²) in [4.78, 5) is 21.9. The Balaban J connectivity index is 1.97. The van der Waals surface area contributed by atoms with Gasteiger partial charge in [0.15, 0.2) is 6.61 Å². The Hall–Kier alpha value is -2.83. The molecule has 0 saturated carbocycles. The van der Waals surface area contributed by atoms with Crippen LogP contribution in [0.3, 0.4) is 0 Å². The second-order valence-electron chi connectivity index (χ2n) is 4.02. The van der Waals surface area contributed by atoms with Crippen molar-refractivity contribution < 1.29 is 19.4 Å². The number of carbonyl (C=O) groups excluding carboxylic acids is 1. The van der Waals surface area contributed by atoms with Gasteiger partial charge in [-0.1, -0.05) is 6.07 Å². The first kappa shape index (κ1) is 11.3. The molecule has 19 heavy (non-hydrogen) atoms. The number of hydrogen-bond acceptors (Lipinski definition) is 4. The third kappa shape index (κ3) is 2.01. The number of ether oxygens (including phenoxy) is 1. The molecule has 3 N–H and O–H groups in total. The van der Waals surface area contributed by atoms with Gasteiger partial charge in [0, 0.05) is 5.56 Å². The predicted octanol–water partition coefficient (Wildman–Crippen LogP) is 1.11. The molecule has 0 spiro atoms. The predicted molar refractivity (Wildman–Crippen MR) is 65.1 cm³/mol. The molecule has 1 aliphatic heterocycles. The maximum Gasteiger partial charge on any atom is 0.353 e. The Morgan fingerprint density at radius 2 is 2.21 bits per heavy atom. The van der Waals surface area contributed by atoms with Gasteiger partial charge in [-0.05, 0) is 18.2 Å². The van der Waals surface area contributed by atoms with Gasteiger partial charge in [0.1, 0.15) is 11.4 Å². The summed E-state index contributed by atoms with van der Waals surface area (Å²) in [5.74, 6) is -0.731. The molecular formula is C12H9N3O4. The highest BCUT2D eigenvalue weighted by atomic mass is 16.5. The Bertz CT molecular complexity index is 677. The number of fused-ring (bicyclic) bond motifs is 1. The molecule has 1 aromatic carbocycles. The Morgan fingerprint density at radius 1 is 1.37 bits per heavy atom. The van der Waals surface area contributed by atoms with Crippen LogP contribution in [-0.2, 0) is 4.79 Å². The molecule has 0 bridgehead atoms. The summed E-state index contributed by atoms with van der Waals surface area (Å²) in [7, 11) is 0. The first-order valence-electron chi connectivity index (χ1n) is 5.49. The van der Waals surface area contributed by atoms with Crippen molar-refractivity contribution in [2.45, 2.75) is 0 Å². The van der Waals surface area contributed by atoms with Crippen LogP contribution in [-0.4, -0.2) is 33.8 Å². The van der Waals surface area contributed by atoms with Crippen molar-refractivity contribution in [3.63, 3.8) is 0 Å². The molecule has 0 unspecified atom stereocenters. The molecule has 0 aliphatic carbocycles. The number of anilines is 1. The Kier molecular flexibility index (Phi) is 2.45. The number of carboxylic acid groups (broad SMARTS) is 1. The van der Waals surface area contributed by atoms with Crippen molar-refractivity contribution in [2.24, 2.45) is 0 Å². The summed E-state index contributed by atoms with van der Waals surface area (Å²) in [6, 6.07) is 6.56. The van der Waals surface area contributed by atoms with Crippen LogP contribution in [0.2, 0.25) is 0 Å². The van der Waals surface area contributed by atoms with E-state index in [9.17, 15) is 9.59 Å². The van der Waals surface area contributed by atoms with Gasteiger partial charge >= 0.3 is 5.97 Å². The molecule has 1 amide bonds. The topological polar surface area (TPSA) is 104 Å². The van der Waals surface area contributed by atoms with Crippen molar-refractivity contribution in [3.8, 4) is 17.0 Å². The highest BCUT2D eigenvalue weighted by Gasteiger charge is 2.17. The maximum absolute atomic E-state index is 11.1. The lowest BCUT2D eigenvalue weighted by Crippen LogP contribution is -2.25. The lowest BCUT2D eigenvalue weighted by Gasteiger charge is -2.18. The first-order chi connectivity index (χ1) is 9.13. The molecule has 1 aromatic heterocycles. The highest BCUT2D eigenvalue weighted by Crippen LogP contribution is 2.32. The van der Waals surface area contributed by atoms with Crippen molar-refractivity contribution >= 4 is 17.6 Å². The van der Waals surface area contributed by atoms with Crippen LogP contribution in [0.15, 0.2) is 24.3 Å². The number of aromatic amines is 1. The van der Waals surface area contributed by atoms with Crippen LogP contribution in [0, 0.1) is 0 Å². The second kappa shape index (κ2) is 4.13. The molecule has 0 radical (unpaired) electrons. The number of H-pyrrole nitrogens is 1. The fraction of sp³-hybridized carbons (Fsp3) is 0.0833. The molecule has 96 valence electrons. The number of carboxylic acids is 1. The van der Waals surface area contributed by atoms with Gasteiger partial charge < -0.3 is 15.2 Å². The van der Waals surface area contributed by atoms with Crippen molar-refractivity contribution in [1.82, 2.24) is 10.2 Å². The average molecular weight is 259 g/mol. The molecule has 1 aliphatic rings. The monoisotopic (exact) mass is 259 g/mol. The van der Waals surface area contributed by atoms with Crippen LogP contribution in [0.25, 0.3) is 11.3 Å². The number of amides is 1. The third-order valence-corrected chi connectivity index (χ3v) is 2.72. The minimum absolute atomic E-state index is 0.0157. The summed E-state index contributed by atoms with van der Waals surface area (Å²) in [6.07, 6.45) is 0. The van der Waals surface area contributed by atoms with Crippen LogP contribution in [0.5, 0.6) is 5.75 Å². The quantitative estimate of drug-likeness (QED) is 0.749.